The normalized spacial score (nSPS) is 15.9. The Morgan fingerprint density at radius 2 is 2.02 bits per heavy atom. The molecule has 1 aliphatic heterocycles. The minimum atomic E-state index is -0.445. The van der Waals surface area contributed by atoms with E-state index in [0.29, 0.717) is 48.6 Å². The summed E-state index contributed by atoms with van der Waals surface area (Å²) in [5, 5.41) is 15.0. The number of aromatic nitrogens is 3. The Balaban J connectivity index is 1.28. The van der Waals surface area contributed by atoms with Crippen molar-refractivity contribution < 1.29 is 24.1 Å². The van der Waals surface area contributed by atoms with Crippen molar-refractivity contribution in [1.29, 1.82) is 0 Å². The number of halogens is 1. The van der Waals surface area contributed by atoms with Crippen molar-refractivity contribution in [3.8, 4) is 5.75 Å². The van der Waals surface area contributed by atoms with Crippen molar-refractivity contribution in [3.63, 3.8) is 0 Å². The molecular formula is C31H35ClN4O5. The highest BCUT2D eigenvalue weighted by Crippen LogP contribution is 2.29. The first-order valence-corrected chi connectivity index (χ1v) is 14.5. The van der Waals surface area contributed by atoms with Gasteiger partial charge in [0, 0.05) is 37.4 Å². The van der Waals surface area contributed by atoms with Crippen LogP contribution in [0, 0.1) is 11.8 Å². The SMILES string of the molecule is O=C(CO)C(CCOC1=c2c(Nc3ccc(OCc4ccccn4)c(Cl)c3)ncnc2=CCC1)CC1CCOCC1. The summed E-state index contributed by atoms with van der Waals surface area (Å²) in [6.45, 7) is 1.71. The number of nitrogens with one attached hydrogen (secondary N) is 1. The predicted molar refractivity (Wildman–Crippen MR) is 156 cm³/mol. The van der Waals surface area contributed by atoms with Gasteiger partial charge in [-0.15, -0.1) is 0 Å². The molecule has 0 spiro atoms. The predicted octanol–water partition coefficient (Wildman–Crippen LogP) is 3.93. The maximum atomic E-state index is 12.5. The number of fused-ring (bicyclic) bond motifs is 1. The van der Waals surface area contributed by atoms with Gasteiger partial charge in [0.1, 0.15) is 36.9 Å². The summed E-state index contributed by atoms with van der Waals surface area (Å²) in [5.41, 5.74) is 1.56. The van der Waals surface area contributed by atoms with Gasteiger partial charge in [0.15, 0.2) is 5.78 Å². The Hall–Kier alpha value is -3.53. The van der Waals surface area contributed by atoms with Gasteiger partial charge in [-0.2, -0.15) is 0 Å². The van der Waals surface area contributed by atoms with Gasteiger partial charge < -0.3 is 24.6 Å². The number of benzene rings is 1. The Morgan fingerprint density at radius 3 is 2.80 bits per heavy atom. The molecule has 0 bridgehead atoms. The number of pyridine rings is 1. The fourth-order valence-corrected chi connectivity index (χ4v) is 5.48. The highest BCUT2D eigenvalue weighted by Gasteiger charge is 2.24. The molecule has 0 radical (unpaired) electrons. The van der Waals surface area contributed by atoms with Crippen LogP contribution in [0.5, 0.6) is 5.75 Å². The molecule has 3 heterocycles. The van der Waals surface area contributed by atoms with Gasteiger partial charge in [0.05, 0.1) is 27.9 Å². The zero-order chi connectivity index (χ0) is 28.4. The molecule has 216 valence electrons. The van der Waals surface area contributed by atoms with E-state index in [9.17, 15) is 9.90 Å². The van der Waals surface area contributed by atoms with Gasteiger partial charge in [0.2, 0.25) is 0 Å². The molecule has 10 heteroatoms. The van der Waals surface area contributed by atoms with E-state index in [1.165, 1.54) is 6.33 Å². The largest absolute Gasteiger partial charge is 0.497 e. The summed E-state index contributed by atoms with van der Waals surface area (Å²) >= 11 is 6.53. The van der Waals surface area contributed by atoms with Crippen LogP contribution >= 0.6 is 11.6 Å². The lowest BCUT2D eigenvalue weighted by Gasteiger charge is -2.26. The molecule has 1 aromatic carbocycles. The second-order valence-corrected chi connectivity index (χ2v) is 10.7. The Morgan fingerprint density at radius 1 is 1.15 bits per heavy atom. The van der Waals surface area contributed by atoms with Crippen LogP contribution in [0.25, 0.3) is 11.8 Å². The first-order chi connectivity index (χ1) is 20.1. The number of nitrogens with zero attached hydrogens (tertiary/aromatic N) is 3. The maximum absolute atomic E-state index is 12.5. The molecule has 1 saturated heterocycles. The molecule has 2 aromatic heterocycles. The van der Waals surface area contributed by atoms with Gasteiger partial charge in [-0.3, -0.25) is 9.78 Å². The number of hydrogen-bond acceptors (Lipinski definition) is 9. The number of ether oxygens (including phenoxy) is 3. The van der Waals surface area contributed by atoms with Crippen LogP contribution in [-0.4, -0.2) is 52.3 Å². The molecule has 1 unspecified atom stereocenters. The third-order valence-corrected chi connectivity index (χ3v) is 7.77. The number of hydrogen-bond donors (Lipinski definition) is 2. The molecule has 2 N–H and O–H groups in total. The van der Waals surface area contributed by atoms with E-state index in [2.05, 4.69) is 26.3 Å². The van der Waals surface area contributed by atoms with Gasteiger partial charge >= 0.3 is 0 Å². The van der Waals surface area contributed by atoms with E-state index < -0.39 is 6.61 Å². The second kappa shape index (κ2) is 14.4. The lowest BCUT2D eigenvalue weighted by atomic mass is 9.85. The summed E-state index contributed by atoms with van der Waals surface area (Å²) in [4.78, 5) is 25.7. The molecule has 3 aromatic rings. The average molecular weight is 579 g/mol. The number of Topliss-reactive ketones (excluding diaryl/α,β-unsaturated/α-hetero) is 1. The second-order valence-electron chi connectivity index (χ2n) is 10.3. The first-order valence-electron chi connectivity index (χ1n) is 14.1. The number of carbonyl (C=O) groups is 1. The van der Waals surface area contributed by atoms with Crippen LogP contribution in [0.4, 0.5) is 11.5 Å². The molecular weight excluding hydrogens is 544 g/mol. The summed E-state index contributed by atoms with van der Waals surface area (Å²) in [6, 6.07) is 11.1. The molecule has 1 fully saturated rings. The third kappa shape index (κ3) is 7.81. The van der Waals surface area contributed by atoms with Crippen molar-refractivity contribution >= 4 is 40.7 Å². The van der Waals surface area contributed by atoms with Crippen LogP contribution in [0.1, 0.15) is 44.2 Å². The van der Waals surface area contributed by atoms with E-state index >= 15 is 0 Å². The lowest BCUT2D eigenvalue weighted by Crippen LogP contribution is -2.36. The number of ketones is 1. The molecule has 1 atom stereocenters. The van der Waals surface area contributed by atoms with Crippen molar-refractivity contribution in [2.24, 2.45) is 11.8 Å². The Labute approximate surface area is 244 Å². The minimum absolute atomic E-state index is 0.127. The molecule has 9 nitrogen and oxygen atoms in total. The standard InChI is InChI=1S/C31H35ClN4O5/c32-25-17-23(7-8-28(25)41-19-24-4-1-2-12-33-24)36-31-30-26(34-20-35-31)5-3-6-29(30)40-15-11-22(27(38)18-37)16-21-9-13-39-14-10-21/h1-2,4-5,7-8,12,17,20-22,37H,3,6,9-11,13-16,18-19H2,(H,34,35,36). The highest BCUT2D eigenvalue weighted by atomic mass is 35.5. The van der Waals surface area contributed by atoms with Crippen molar-refractivity contribution in [2.75, 3.05) is 31.7 Å². The number of anilines is 2. The van der Waals surface area contributed by atoms with E-state index in [-0.39, 0.29) is 11.7 Å². The van der Waals surface area contributed by atoms with Gasteiger partial charge in [-0.25, -0.2) is 9.97 Å². The molecule has 1 aliphatic carbocycles. The Bertz CT molecular complexity index is 1450. The van der Waals surface area contributed by atoms with Crippen LogP contribution in [0.15, 0.2) is 48.9 Å². The van der Waals surface area contributed by atoms with Gasteiger partial charge in [0.25, 0.3) is 0 Å². The lowest BCUT2D eigenvalue weighted by molar-refractivity contribution is -0.127. The average Bonchev–Trinajstić information content (AvgIpc) is 3.01. The van der Waals surface area contributed by atoms with Crippen molar-refractivity contribution in [1.82, 2.24) is 15.0 Å². The van der Waals surface area contributed by atoms with Gasteiger partial charge in [-0.1, -0.05) is 23.7 Å². The highest BCUT2D eigenvalue weighted by molar-refractivity contribution is 6.32. The summed E-state index contributed by atoms with van der Waals surface area (Å²) in [5.74, 6) is 2.03. The number of aliphatic hydroxyl groups excluding tert-OH is 1. The molecule has 0 amide bonds. The van der Waals surface area contributed by atoms with Gasteiger partial charge in [-0.05, 0) is 68.4 Å². The fourth-order valence-electron chi connectivity index (χ4n) is 5.25. The van der Waals surface area contributed by atoms with Crippen LogP contribution in [0.2, 0.25) is 5.02 Å². The summed E-state index contributed by atoms with van der Waals surface area (Å²) in [7, 11) is 0. The van der Waals surface area contributed by atoms with Crippen LogP contribution < -0.4 is 20.6 Å². The third-order valence-electron chi connectivity index (χ3n) is 7.47. The summed E-state index contributed by atoms with van der Waals surface area (Å²) in [6.07, 6.45) is 10.0. The van der Waals surface area contributed by atoms with Crippen molar-refractivity contribution in [2.45, 2.75) is 45.1 Å². The van der Waals surface area contributed by atoms with E-state index in [1.807, 2.05) is 30.3 Å². The quantitative estimate of drug-likeness (QED) is 0.311. The molecule has 0 saturated carbocycles. The number of aliphatic hydroxyl groups is 1. The first kappa shape index (κ1) is 29.0. The number of rotatable bonds is 13. The van der Waals surface area contributed by atoms with Crippen LogP contribution in [0.3, 0.4) is 0 Å². The Kier molecular flexibility index (Phi) is 10.2. The number of carbonyl (C=O) groups excluding carboxylic acids is 1. The zero-order valence-corrected chi connectivity index (χ0v) is 23.7. The fraction of sp³-hybridized carbons (Fsp3) is 0.419. The smallest absolute Gasteiger partial charge is 0.161 e. The van der Waals surface area contributed by atoms with Crippen molar-refractivity contribution in [3.05, 3.63) is 70.2 Å². The van der Waals surface area contributed by atoms with E-state index in [1.54, 1.807) is 12.3 Å². The zero-order valence-electron chi connectivity index (χ0n) is 22.9. The monoisotopic (exact) mass is 578 g/mol. The van der Waals surface area contributed by atoms with Crippen LogP contribution in [-0.2, 0) is 20.9 Å². The summed E-state index contributed by atoms with van der Waals surface area (Å²) < 4.78 is 17.6. The molecule has 41 heavy (non-hydrogen) atoms. The molecule has 5 rings (SSSR count). The van der Waals surface area contributed by atoms with E-state index in [0.717, 1.165) is 66.6 Å². The molecule has 2 aliphatic rings. The maximum Gasteiger partial charge on any atom is 0.161 e. The topological polar surface area (TPSA) is 116 Å². The minimum Gasteiger partial charge on any atom is -0.497 e. The van der Waals surface area contributed by atoms with E-state index in [4.69, 9.17) is 25.8 Å².